The van der Waals surface area contributed by atoms with Crippen molar-refractivity contribution in [3.63, 3.8) is 0 Å². The average molecular weight is 346 g/mol. The van der Waals surface area contributed by atoms with E-state index in [4.69, 9.17) is 11.5 Å². The van der Waals surface area contributed by atoms with E-state index in [0.717, 1.165) is 4.90 Å². The summed E-state index contributed by atoms with van der Waals surface area (Å²) in [6.45, 7) is 5.11. The lowest BCUT2D eigenvalue weighted by molar-refractivity contribution is -0.115. The van der Waals surface area contributed by atoms with Gasteiger partial charge in [0.15, 0.2) is 0 Å². The maximum Gasteiger partial charge on any atom is 0.254 e. The molecule has 1 rings (SSSR count). The van der Waals surface area contributed by atoms with E-state index in [0.29, 0.717) is 18.7 Å². The molecule has 0 bridgehead atoms. The van der Waals surface area contributed by atoms with Crippen molar-refractivity contribution in [3.05, 3.63) is 29.8 Å². The van der Waals surface area contributed by atoms with Crippen molar-refractivity contribution in [3.8, 4) is 0 Å². The Hall–Kier alpha value is -1.24. The van der Waals surface area contributed by atoms with E-state index in [1.54, 1.807) is 18.0 Å². The highest BCUT2D eigenvalue weighted by atomic mass is 35.5. The number of nitrogens with two attached hydrogens (primary N) is 2. The minimum absolute atomic E-state index is 0. The van der Waals surface area contributed by atoms with Gasteiger partial charge in [-0.3, -0.25) is 9.59 Å². The molecule has 5 nitrogen and oxygen atoms in total. The van der Waals surface area contributed by atoms with Crippen LogP contribution < -0.4 is 11.5 Å². The van der Waals surface area contributed by atoms with Crippen molar-refractivity contribution in [1.82, 2.24) is 4.90 Å². The zero-order valence-electron chi connectivity index (χ0n) is 13.2. The first-order valence-corrected chi connectivity index (χ1v) is 7.71. The summed E-state index contributed by atoms with van der Waals surface area (Å²) in [5, 5.41) is 0. The minimum atomic E-state index is -0.403. The van der Waals surface area contributed by atoms with Gasteiger partial charge in [-0.05, 0) is 24.1 Å². The molecular weight excluding hydrogens is 322 g/mol. The molecule has 0 aliphatic carbocycles. The van der Waals surface area contributed by atoms with Crippen LogP contribution in [0.1, 0.15) is 24.2 Å². The zero-order valence-corrected chi connectivity index (χ0v) is 14.8. The Morgan fingerprint density at radius 3 is 2.41 bits per heavy atom. The molecule has 0 unspecified atom stereocenters. The first-order chi connectivity index (χ1) is 9.76. The van der Waals surface area contributed by atoms with E-state index in [-0.39, 0.29) is 29.5 Å². The molecule has 22 heavy (non-hydrogen) atoms. The van der Waals surface area contributed by atoms with E-state index in [1.165, 1.54) is 11.8 Å². The fourth-order valence-corrected chi connectivity index (χ4v) is 2.69. The van der Waals surface area contributed by atoms with Crippen molar-refractivity contribution < 1.29 is 9.59 Å². The number of amides is 2. The van der Waals surface area contributed by atoms with Gasteiger partial charge in [0, 0.05) is 18.5 Å². The second kappa shape index (κ2) is 9.02. The van der Waals surface area contributed by atoms with E-state index in [1.807, 2.05) is 32.0 Å². The maximum absolute atomic E-state index is 12.6. The van der Waals surface area contributed by atoms with E-state index >= 15 is 0 Å². The predicted octanol–water partition coefficient (Wildman–Crippen LogP) is 1.74. The monoisotopic (exact) mass is 345 g/mol. The number of benzene rings is 1. The number of thioether (sulfide) groups is 1. The molecule has 0 heterocycles. The summed E-state index contributed by atoms with van der Waals surface area (Å²) in [7, 11) is 1.76. The van der Waals surface area contributed by atoms with Gasteiger partial charge >= 0.3 is 0 Å². The van der Waals surface area contributed by atoms with Crippen LogP contribution in [0.25, 0.3) is 0 Å². The predicted molar refractivity (Wildman–Crippen MR) is 93.4 cm³/mol. The molecule has 124 valence electrons. The molecule has 1 aromatic carbocycles. The summed E-state index contributed by atoms with van der Waals surface area (Å²) in [6, 6.07) is 7.23. The summed E-state index contributed by atoms with van der Waals surface area (Å²) >= 11 is 1.28. The van der Waals surface area contributed by atoms with Crippen molar-refractivity contribution in [1.29, 1.82) is 0 Å². The second-order valence-corrected chi connectivity index (χ2v) is 6.80. The standard InChI is InChI=1S/C15H23N3O2S.ClH/c1-15(2,9-16)10-18(3)14(20)11-6-4-5-7-12(11)21-8-13(17)19;/h4-7H,8-10,16H2,1-3H3,(H2,17,19);1H. The third kappa shape index (κ3) is 6.25. The van der Waals surface area contributed by atoms with Crippen molar-refractivity contribution in [2.24, 2.45) is 16.9 Å². The van der Waals surface area contributed by atoms with Crippen LogP contribution in [0, 0.1) is 5.41 Å². The van der Waals surface area contributed by atoms with Gasteiger partial charge in [0.2, 0.25) is 5.91 Å². The Bertz CT molecular complexity index is 523. The molecule has 2 amide bonds. The average Bonchev–Trinajstić information content (AvgIpc) is 2.44. The van der Waals surface area contributed by atoms with Gasteiger partial charge in [0.25, 0.3) is 5.91 Å². The lowest BCUT2D eigenvalue weighted by Crippen LogP contribution is -2.39. The zero-order chi connectivity index (χ0) is 16.0. The quantitative estimate of drug-likeness (QED) is 0.736. The highest BCUT2D eigenvalue weighted by molar-refractivity contribution is 8.00. The number of halogens is 1. The molecule has 0 radical (unpaired) electrons. The molecule has 0 saturated heterocycles. The molecule has 0 atom stereocenters. The fourth-order valence-electron chi connectivity index (χ4n) is 1.90. The Kier molecular flexibility index (Phi) is 8.52. The number of primary amides is 1. The van der Waals surface area contributed by atoms with E-state index in [9.17, 15) is 9.59 Å². The van der Waals surface area contributed by atoms with Gasteiger partial charge < -0.3 is 16.4 Å². The second-order valence-electron chi connectivity index (χ2n) is 5.78. The SMILES string of the molecule is CN(CC(C)(C)CN)C(=O)c1ccccc1SCC(N)=O.Cl. The molecule has 0 saturated carbocycles. The lowest BCUT2D eigenvalue weighted by Gasteiger charge is -2.29. The molecule has 0 aliphatic rings. The molecule has 4 N–H and O–H groups in total. The van der Waals surface area contributed by atoms with E-state index in [2.05, 4.69) is 0 Å². The minimum Gasteiger partial charge on any atom is -0.369 e. The third-order valence-electron chi connectivity index (χ3n) is 3.05. The van der Waals surface area contributed by atoms with Gasteiger partial charge in [0.1, 0.15) is 0 Å². The number of hydrogen-bond acceptors (Lipinski definition) is 4. The van der Waals surface area contributed by atoms with Crippen LogP contribution in [0.5, 0.6) is 0 Å². The van der Waals surface area contributed by atoms with Crippen LogP contribution in [-0.4, -0.2) is 42.6 Å². The number of rotatable bonds is 7. The summed E-state index contributed by atoms with van der Waals surface area (Å²) in [5.74, 6) is -0.327. The van der Waals surface area contributed by atoms with Gasteiger partial charge in [-0.2, -0.15) is 0 Å². The number of carbonyl (C=O) groups is 2. The lowest BCUT2D eigenvalue weighted by atomic mass is 9.93. The van der Waals surface area contributed by atoms with Crippen LogP contribution in [-0.2, 0) is 4.79 Å². The highest BCUT2D eigenvalue weighted by Crippen LogP contribution is 2.24. The van der Waals surface area contributed by atoms with Crippen LogP contribution >= 0.6 is 24.2 Å². The first kappa shape index (κ1) is 20.8. The summed E-state index contributed by atoms with van der Waals surface area (Å²) in [6.07, 6.45) is 0. The maximum atomic E-state index is 12.6. The molecule has 0 fully saturated rings. The largest absolute Gasteiger partial charge is 0.369 e. The Labute approximate surface area is 142 Å². The van der Waals surface area contributed by atoms with Gasteiger partial charge in [-0.15, -0.1) is 24.2 Å². The normalized spacial score (nSPS) is 10.7. The molecular formula is C15H24ClN3O2S. The Balaban J connectivity index is 0.00000441. The number of hydrogen-bond donors (Lipinski definition) is 2. The smallest absolute Gasteiger partial charge is 0.254 e. The van der Waals surface area contributed by atoms with Crippen LogP contribution in [0.4, 0.5) is 0 Å². The molecule has 0 aromatic heterocycles. The number of nitrogens with zero attached hydrogens (tertiary/aromatic N) is 1. The van der Waals surface area contributed by atoms with Crippen LogP contribution in [0.2, 0.25) is 0 Å². The summed E-state index contributed by atoms with van der Waals surface area (Å²) in [4.78, 5) is 25.9. The van der Waals surface area contributed by atoms with Crippen molar-refractivity contribution in [2.75, 3.05) is 25.9 Å². The Morgan fingerprint density at radius 1 is 1.27 bits per heavy atom. The molecule has 7 heteroatoms. The molecule has 0 spiro atoms. The highest BCUT2D eigenvalue weighted by Gasteiger charge is 2.23. The van der Waals surface area contributed by atoms with E-state index < -0.39 is 5.91 Å². The van der Waals surface area contributed by atoms with Crippen LogP contribution in [0.3, 0.4) is 0 Å². The Morgan fingerprint density at radius 2 is 1.86 bits per heavy atom. The first-order valence-electron chi connectivity index (χ1n) is 6.72. The van der Waals surface area contributed by atoms with Gasteiger partial charge in [0.05, 0.1) is 11.3 Å². The third-order valence-corrected chi connectivity index (χ3v) is 4.15. The molecule has 1 aromatic rings. The van der Waals surface area contributed by atoms with Crippen molar-refractivity contribution in [2.45, 2.75) is 18.7 Å². The van der Waals surface area contributed by atoms with Crippen LogP contribution in [0.15, 0.2) is 29.2 Å². The van der Waals surface area contributed by atoms with Crippen molar-refractivity contribution >= 4 is 36.0 Å². The summed E-state index contributed by atoms with van der Waals surface area (Å²) in [5.41, 5.74) is 11.3. The fraction of sp³-hybridized carbons (Fsp3) is 0.467. The van der Waals surface area contributed by atoms with Gasteiger partial charge in [-0.25, -0.2) is 0 Å². The number of carbonyl (C=O) groups excluding carboxylic acids is 2. The van der Waals surface area contributed by atoms with Gasteiger partial charge in [-0.1, -0.05) is 26.0 Å². The summed E-state index contributed by atoms with van der Waals surface area (Å²) < 4.78 is 0. The topological polar surface area (TPSA) is 89.4 Å². The molecule has 0 aliphatic heterocycles.